The van der Waals surface area contributed by atoms with E-state index in [1.165, 1.54) is 11.2 Å². The van der Waals surface area contributed by atoms with Crippen LogP contribution in [0.2, 0.25) is 0 Å². The van der Waals surface area contributed by atoms with E-state index < -0.39 is 0 Å². The van der Waals surface area contributed by atoms with Gasteiger partial charge >= 0.3 is 0 Å². The summed E-state index contributed by atoms with van der Waals surface area (Å²) in [5, 5.41) is 13.3. The Morgan fingerprint density at radius 2 is 2.14 bits per heavy atom. The third-order valence-electron chi connectivity index (χ3n) is 6.85. The number of H-pyrrole nitrogens is 1. The number of hydrogen-bond donors (Lipinski definition) is 1. The number of fused-ring (bicyclic) bond motifs is 2. The largest absolute Gasteiger partial charge is 0.493 e. The second-order valence-corrected chi connectivity index (χ2v) is 10.9. The molecule has 1 unspecified atom stereocenters. The number of rotatable bonds is 7. The van der Waals surface area contributed by atoms with E-state index in [4.69, 9.17) is 14.8 Å². The number of ether oxygens (including phenoxy) is 1. The van der Waals surface area contributed by atoms with Crippen LogP contribution >= 0.6 is 11.3 Å². The van der Waals surface area contributed by atoms with Crippen LogP contribution in [0.3, 0.4) is 0 Å². The fraction of sp³-hybridized carbons (Fsp3) is 0.480. The van der Waals surface area contributed by atoms with Crippen LogP contribution in [-0.4, -0.2) is 86.3 Å². The fourth-order valence-corrected chi connectivity index (χ4v) is 5.98. The molecule has 1 atom stereocenters. The van der Waals surface area contributed by atoms with E-state index in [1.54, 1.807) is 42.0 Å². The van der Waals surface area contributed by atoms with Gasteiger partial charge in [0.2, 0.25) is 5.91 Å². The highest BCUT2D eigenvalue weighted by Crippen LogP contribution is 2.40. The van der Waals surface area contributed by atoms with Crippen molar-refractivity contribution in [2.45, 2.75) is 45.1 Å². The topological polar surface area (TPSA) is 105 Å². The summed E-state index contributed by atoms with van der Waals surface area (Å²) in [4.78, 5) is 26.6. The van der Waals surface area contributed by atoms with Crippen LogP contribution in [0.15, 0.2) is 18.6 Å². The van der Waals surface area contributed by atoms with Crippen molar-refractivity contribution in [1.82, 2.24) is 39.6 Å². The molecular weight excluding hydrogens is 476 g/mol. The molecule has 0 aliphatic heterocycles. The summed E-state index contributed by atoms with van der Waals surface area (Å²) in [5.41, 5.74) is 5.68. The van der Waals surface area contributed by atoms with Gasteiger partial charge in [0, 0.05) is 42.3 Å². The van der Waals surface area contributed by atoms with E-state index in [2.05, 4.69) is 33.9 Å². The van der Waals surface area contributed by atoms with Gasteiger partial charge < -0.3 is 9.64 Å². The summed E-state index contributed by atoms with van der Waals surface area (Å²) in [7, 11) is 7.27. The Bertz CT molecular complexity index is 1400. The van der Waals surface area contributed by atoms with Crippen LogP contribution in [0, 0.1) is 0 Å². The standard InChI is InChI=1S/C25H32N8O2S/c1-14(2)21-22(15-9-18(35-6)24-26-13-27-33(24)11-15)29-30-23(21)25-28-17-8-7-16(10-19(17)36-25)32(5)12-20(34)31(3)4/h9,11,13-14,16H,7-8,10,12H2,1-6H3,(H,29,30). The molecule has 1 N–H and O–H groups in total. The highest BCUT2D eigenvalue weighted by Gasteiger charge is 2.29. The molecule has 0 saturated heterocycles. The number of pyridine rings is 1. The van der Waals surface area contributed by atoms with Crippen molar-refractivity contribution >= 4 is 22.9 Å². The van der Waals surface area contributed by atoms with Crippen molar-refractivity contribution in [2.24, 2.45) is 0 Å². The van der Waals surface area contributed by atoms with E-state index >= 15 is 0 Å². The molecule has 0 bridgehead atoms. The third-order valence-corrected chi connectivity index (χ3v) is 7.99. The minimum Gasteiger partial charge on any atom is -0.493 e. The number of thiazole rings is 1. The quantitative estimate of drug-likeness (QED) is 0.409. The monoisotopic (exact) mass is 508 g/mol. The van der Waals surface area contributed by atoms with E-state index in [0.717, 1.165) is 52.5 Å². The number of carbonyl (C=O) groups is 1. The maximum absolute atomic E-state index is 12.2. The number of hydrogen-bond acceptors (Lipinski definition) is 8. The summed E-state index contributed by atoms with van der Waals surface area (Å²) in [6.07, 6.45) is 6.26. The number of aromatic nitrogens is 6. The van der Waals surface area contributed by atoms with Crippen LogP contribution < -0.4 is 4.74 Å². The predicted octanol–water partition coefficient (Wildman–Crippen LogP) is 3.25. The van der Waals surface area contributed by atoms with Gasteiger partial charge in [-0.1, -0.05) is 13.8 Å². The summed E-state index contributed by atoms with van der Waals surface area (Å²) in [6, 6.07) is 2.29. The first-order valence-corrected chi connectivity index (χ1v) is 12.9. The van der Waals surface area contributed by atoms with Gasteiger partial charge in [-0.3, -0.25) is 14.8 Å². The lowest BCUT2D eigenvalue weighted by molar-refractivity contribution is -0.130. The number of amides is 1. The average molecular weight is 509 g/mol. The molecule has 36 heavy (non-hydrogen) atoms. The van der Waals surface area contributed by atoms with E-state index in [9.17, 15) is 4.79 Å². The molecule has 0 aromatic carbocycles. The lowest BCUT2D eigenvalue weighted by Crippen LogP contribution is -2.42. The van der Waals surface area contributed by atoms with Crippen molar-refractivity contribution in [1.29, 1.82) is 0 Å². The highest BCUT2D eigenvalue weighted by molar-refractivity contribution is 7.15. The minimum atomic E-state index is 0.126. The second-order valence-electron chi connectivity index (χ2n) is 9.83. The zero-order chi connectivity index (χ0) is 25.6. The Balaban J connectivity index is 1.46. The Morgan fingerprint density at radius 1 is 1.33 bits per heavy atom. The number of likely N-dealkylation sites (N-methyl/N-ethyl adjacent to an activating group) is 2. The number of nitrogens with zero attached hydrogens (tertiary/aromatic N) is 7. The van der Waals surface area contributed by atoms with Crippen LogP contribution in [0.5, 0.6) is 5.75 Å². The highest BCUT2D eigenvalue weighted by atomic mass is 32.1. The molecule has 4 aromatic heterocycles. The average Bonchev–Trinajstić information content (AvgIpc) is 3.59. The summed E-state index contributed by atoms with van der Waals surface area (Å²) in [5.74, 6) is 1.00. The first-order chi connectivity index (χ1) is 17.3. The normalized spacial score (nSPS) is 15.6. The molecule has 0 fully saturated rings. The maximum atomic E-state index is 12.2. The van der Waals surface area contributed by atoms with Gasteiger partial charge in [-0.05, 0) is 38.3 Å². The molecule has 0 radical (unpaired) electrons. The molecule has 11 heteroatoms. The first-order valence-electron chi connectivity index (χ1n) is 12.1. The number of aryl methyl sites for hydroxylation is 1. The number of carbonyl (C=O) groups excluding carboxylic acids is 1. The van der Waals surface area contributed by atoms with Crippen molar-refractivity contribution in [3.05, 3.63) is 34.7 Å². The summed E-state index contributed by atoms with van der Waals surface area (Å²) in [6.45, 7) is 4.77. The molecule has 4 heterocycles. The molecule has 1 amide bonds. The number of methoxy groups -OCH3 is 1. The molecule has 1 aliphatic rings. The number of nitrogens with one attached hydrogen (secondary N) is 1. The number of aromatic amines is 1. The molecule has 0 spiro atoms. The van der Waals surface area contributed by atoms with Crippen LogP contribution in [0.1, 0.15) is 42.3 Å². The van der Waals surface area contributed by atoms with Gasteiger partial charge in [-0.15, -0.1) is 11.3 Å². The molecule has 4 aromatic rings. The van der Waals surface area contributed by atoms with Crippen molar-refractivity contribution in [3.63, 3.8) is 0 Å². The van der Waals surface area contributed by atoms with Crippen molar-refractivity contribution < 1.29 is 9.53 Å². The van der Waals surface area contributed by atoms with Gasteiger partial charge in [0.05, 0.1) is 30.7 Å². The van der Waals surface area contributed by atoms with Gasteiger partial charge in [0.15, 0.2) is 11.4 Å². The van der Waals surface area contributed by atoms with E-state index in [-0.39, 0.29) is 11.8 Å². The predicted molar refractivity (Wildman–Crippen MR) is 139 cm³/mol. The molecular formula is C25H32N8O2S. The maximum Gasteiger partial charge on any atom is 0.236 e. The Kier molecular flexibility index (Phi) is 6.52. The summed E-state index contributed by atoms with van der Waals surface area (Å²) >= 11 is 1.73. The van der Waals surface area contributed by atoms with Crippen molar-refractivity contribution in [2.75, 3.05) is 34.8 Å². The van der Waals surface area contributed by atoms with Gasteiger partial charge in [0.1, 0.15) is 11.3 Å². The molecule has 10 nitrogen and oxygen atoms in total. The van der Waals surface area contributed by atoms with Crippen molar-refractivity contribution in [3.8, 4) is 27.7 Å². The Labute approximate surface area is 214 Å². The lowest BCUT2D eigenvalue weighted by atomic mass is 9.96. The molecule has 1 aliphatic carbocycles. The zero-order valence-electron chi connectivity index (χ0n) is 21.6. The smallest absolute Gasteiger partial charge is 0.236 e. The van der Waals surface area contributed by atoms with Gasteiger partial charge in [-0.25, -0.2) is 14.5 Å². The van der Waals surface area contributed by atoms with Gasteiger partial charge in [-0.2, -0.15) is 10.2 Å². The van der Waals surface area contributed by atoms with Gasteiger partial charge in [0.25, 0.3) is 0 Å². The summed E-state index contributed by atoms with van der Waals surface area (Å²) < 4.78 is 7.28. The van der Waals surface area contributed by atoms with Crippen LogP contribution in [0.4, 0.5) is 0 Å². The van der Waals surface area contributed by atoms with E-state index in [0.29, 0.717) is 24.0 Å². The Morgan fingerprint density at radius 3 is 2.86 bits per heavy atom. The van der Waals surface area contributed by atoms with E-state index in [1.807, 2.05) is 19.3 Å². The minimum absolute atomic E-state index is 0.126. The second kappa shape index (κ2) is 9.62. The van der Waals surface area contributed by atoms with Crippen LogP contribution in [0.25, 0.3) is 27.6 Å². The molecule has 190 valence electrons. The zero-order valence-corrected chi connectivity index (χ0v) is 22.4. The molecule has 0 saturated carbocycles. The third kappa shape index (κ3) is 4.37. The lowest BCUT2D eigenvalue weighted by Gasteiger charge is -2.30. The SMILES string of the molecule is COc1cc(-c2n[nH]c(-c3nc4c(s3)CC(N(C)CC(=O)N(C)C)CC4)c2C(C)C)cn2ncnc12. The van der Waals surface area contributed by atoms with Crippen LogP contribution in [-0.2, 0) is 17.6 Å². The fourth-order valence-electron chi connectivity index (χ4n) is 4.80. The first kappa shape index (κ1) is 24.4. The Hall–Kier alpha value is -3.31. The molecule has 5 rings (SSSR count).